The SMILES string of the molecule is COc1cc(-c2oc3cc(O[C@@H]4O[C@H](CO)[C@@H](O)[C@H](O)[C@H]4O)cc(O)c3c(=O)c2O)cc(OC)c1O. The van der Waals surface area contributed by atoms with E-state index < -0.39 is 54.2 Å². The average Bonchev–Trinajstić information content (AvgIpc) is 2.86. The number of fused-ring (bicyclic) bond motifs is 1. The summed E-state index contributed by atoms with van der Waals surface area (Å²) in [6.07, 6.45) is -7.82. The van der Waals surface area contributed by atoms with Crippen LogP contribution in [-0.4, -0.2) is 87.3 Å². The molecule has 194 valence electrons. The Morgan fingerprint density at radius 2 is 1.53 bits per heavy atom. The van der Waals surface area contributed by atoms with Crippen LogP contribution in [0.15, 0.2) is 33.5 Å². The van der Waals surface area contributed by atoms with Gasteiger partial charge in [0, 0.05) is 17.7 Å². The first-order valence-corrected chi connectivity index (χ1v) is 10.6. The highest BCUT2D eigenvalue weighted by molar-refractivity contribution is 5.88. The fourth-order valence-electron chi connectivity index (χ4n) is 3.85. The van der Waals surface area contributed by atoms with Crippen molar-refractivity contribution in [3.8, 4) is 45.8 Å². The number of ether oxygens (including phenoxy) is 4. The molecule has 0 radical (unpaired) electrons. The second kappa shape index (κ2) is 9.72. The minimum absolute atomic E-state index is 0.0333. The summed E-state index contributed by atoms with van der Waals surface area (Å²) in [5.74, 6) is -2.38. The van der Waals surface area contributed by atoms with Gasteiger partial charge in [-0.15, -0.1) is 0 Å². The van der Waals surface area contributed by atoms with Crippen LogP contribution in [0.25, 0.3) is 22.3 Å². The van der Waals surface area contributed by atoms with Crippen LogP contribution in [0, 0.1) is 0 Å². The molecule has 0 spiro atoms. The summed E-state index contributed by atoms with van der Waals surface area (Å²) in [6, 6.07) is 4.73. The number of aliphatic hydroxyl groups excluding tert-OH is 4. The fraction of sp³-hybridized carbons (Fsp3) is 0.348. The number of phenolic OH excluding ortho intramolecular Hbond substituents is 2. The molecule has 5 atom stereocenters. The van der Waals surface area contributed by atoms with Crippen molar-refractivity contribution < 1.29 is 59.1 Å². The van der Waals surface area contributed by atoms with Gasteiger partial charge in [-0.25, -0.2) is 0 Å². The van der Waals surface area contributed by atoms with E-state index >= 15 is 0 Å². The number of rotatable bonds is 6. The lowest BCUT2D eigenvalue weighted by Gasteiger charge is -2.39. The van der Waals surface area contributed by atoms with Crippen molar-refractivity contribution >= 4 is 11.0 Å². The Bertz CT molecular complexity index is 1310. The summed E-state index contributed by atoms with van der Waals surface area (Å²) >= 11 is 0. The van der Waals surface area contributed by atoms with Gasteiger partial charge in [-0.1, -0.05) is 0 Å². The highest BCUT2D eigenvalue weighted by Gasteiger charge is 2.44. The van der Waals surface area contributed by atoms with Crippen molar-refractivity contribution in [1.82, 2.24) is 0 Å². The van der Waals surface area contributed by atoms with E-state index in [-0.39, 0.29) is 45.3 Å². The molecule has 13 nitrogen and oxygen atoms in total. The number of hydrogen-bond donors (Lipinski definition) is 7. The Hall–Kier alpha value is -3.75. The van der Waals surface area contributed by atoms with Crippen molar-refractivity contribution in [2.24, 2.45) is 0 Å². The maximum absolute atomic E-state index is 12.9. The number of phenols is 2. The molecule has 1 fully saturated rings. The molecular weight excluding hydrogens is 484 g/mol. The zero-order chi connectivity index (χ0) is 26.3. The monoisotopic (exact) mass is 508 g/mol. The third kappa shape index (κ3) is 4.23. The molecule has 0 saturated carbocycles. The molecule has 0 bridgehead atoms. The quantitative estimate of drug-likeness (QED) is 0.230. The Balaban J connectivity index is 1.80. The molecule has 0 amide bonds. The van der Waals surface area contributed by atoms with Crippen molar-refractivity contribution in [2.75, 3.05) is 20.8 Å². The number of hydrogen-bond acceptors (Lipinski definition) is 13. The predicted molar refractivity (Wildman–Crippen MR) is 120 cm³/mol. The van der Waals surface area contributed by atoms with Crippen LogP contribution in [0.3, 0.4) is 0 Å². The van der Waals surface area contributed by atoms with E-state index in [0.717, 1.165) is 12.1 Å². The zero-order valence-corrected chi connectivity index (χ0v) is 19.0. The van der Waals surface area contributed by atoms with E-state index in [1.165, 1.54) is 26.4 Å². The maximum Gasteiger partial charge on any atom is 0.238 e. The smallest absolute Gasteiger partial charge is 0.238 e. The summed E-state index contributed by atoms with van der Waals surface area (Å²) in [7, 11) is 2.57. The van der Waals surface area contributed by atoms with Gasteiger partial charge in [-0.3, -0.25) is 4.79 Å². The van der Waals surface area contributed by atoms with Crippen LogP contribution >= 0.6 is 0 Å². The first kappa shape index (κ1) is 25.3. The van der Waals surface area contributed by atoms with Crippen LogP contribution in [0.2, 0.25) is 0 Å². The Labute approximate surface area is 202 Å². The second-order valence-corrected chi connectivity index (χ2v) is 7.97. The van der Waals surface area contributed by atoms with E-state index in [0.29, 0.717) is 0 Å². The van der Waals surface area contributed by atoms with Crippen molar-refractivity contribution in [3.63, 3.8) is 0 Å². The fourth-order valence-corrected chi connectivity index (χ4v) is 3.85. The topological polar surface area (TPSA) is 209 Å². The first-order chi connectivity index (χ1) is 17.1. The zero-order valence-electron chi connectivity index (χ0n) is 19.0. The van der Waals surface area contributed by atoms with E-state index in [2.05, 4.69) is 0 Å². The Morgan fingerprint density at radius 3 is 2.11 bits per heavy atom. The predicted octanol–water partition coefficient (Wildman–Crippen LogP) is -0.227. The van der Waals surface area contributed by atoms with Gasteiger partial charge in [0.15, 0.2) is 17.3 Å². The van der Waals surface area contributed by atoms with Gasteiger partial charge in [-0.2, -0.15) is 0 Å². The molecule has 13 heteroatoms. The molecule has 1 aliphatic heterocycles. The molecule has 3 aromatic rings. The molecule has 4 rings (SSSR count). The molecule has 7 N–H and O–H groups in total. The van der Waals surface area contributed by atoms with Gasteiger partial charge in [0.2, 0.25) is 23.2 Å². The van der Waals surface area contributed by atoms with Gasteiger partial charge >= 0.3 is 0 Å². The summed E-state index contributed by atoms with van der Waals surface area (Å²) in [6.45, 7) is -0.676. The van der Waals surface area contributed by atoms with Crippen LogP contribution in [0.1, 0.15) is 0 Å². The highest BCUT2D eigenvalue weighted by Crippen LogP contribution is 2.43. The van der Waals surface area contributed by atoms with E-state index in [9.17, 15) is 40.5 Å². The van der Waals surface area contributed by atoms with Crippen molar-refractivity contribution in [1.29, 1.82) is 0 Å². The van der Waals surface area contributed by atoms with E-state index in [1.54, 1.807) is 0 Å². The minimum Gasteiger partial charge on any atom is -0.507 e. The standard InChI is InChI=1S/C23H24O13/c1-32-12-3-8(4-13(33-2)16(12)26)22-20(30)18(28)15-10(25)5-9(6-11(15)35-22)34-23-21(31)19(29)17(27)14(7-24)36-23/h3-6,14,17,19,21,23-27,29-31H,7H2,1-2H3/t14-,17-,19+,21-,23-/m1/s1. The van der Waals surface area contributed by atoms with Gasteiger partial charge in [0.25, 0.3) is 0 Å². The highest BCUT2D eigenvalue weighted by atomic mass is 16.7. The molecule has 0 unspecified atom stereocenters. The molecule has 1 aliphatic rings. The maximum atomic E-state index is 12.9. The van der Waals surface area contributed by atoms with Crippen LogP contribution < -0.4 is 19.6 Å². The van der Waals surface area contributed by atoms with Gasteiger partial charge in [-0.05, 0) is 12.1 Å². The van der Waals surface area contributed by atoms with Crippen LogP contribution in [0.4, 0.5) is 0 Å². The summed E-state index contributed by atoms with van der Waals surface area (Å²) in [5.41, 5.74) is -1.12. The number of benzene rings is 2. The van der Waals surface area contributed by atoms with Crippen LogP contribution in [-0.2, 0) is 4.74 Å². The Kier molecular flexibility index (Phi) is 6.84. The molecular formula is C23H24O13. The Morgan fingerprint density at radius 1 is 0.889 bits per heavy atom. The third-order valence-corrected chi connectivity index (χ3v) is 5.77. The number of aliphatic hydroxyl groups is 4. The van der Waals surface area contributed by atoms with E-state index in [4.69, 9.17) is 23.4 Å². The van der Waals surface area contributed by atoms with Crippen molar-refractivity contribution in [3.05, 3.63) is 34.5 Å². The lowest BCUT2D eigenvalue weighted by Crippen LogP contribution is -2.60. The lowest BCUT2D eigenvalue weighted by molar-refractivity contribution is -0.277. The number of methoxy groups -OCH3 is 2. The third-order valence-electron chi connectivity index (χ3n) is 5.77. The molecule has 2 heterocycles. The van der Waals surface area contributed by atoms with Gasteiger partial charge in [0.05, 0.1) is 20.8 Å². The average molecular weight is 508 g/mol. The molecule has 36 heavy (non-hydrogen) atoms. The van der Waals surface area contributed by atoms with Crippen molar-refractivity contribution in [2.45, 2.75) is 30.7 Å². The lowest BCUT2D eigenvalue weighted by atomic mass is 9.99. The second-order valence-electron chi connectivity index (χ2n) is 7.97. The number of aromatic hydroxyl groups is 3. The molecule has 1 aromatic heterocycles. The van der Waals surface area contributed by atoms with Gasteiger partial charge in [0.1, 0.15) is 46.9 Å². The molecule has 0 aliphatic carbocycles. The summed E-state index contributed by atoms with van der Waals surface area (Å²) in [4.78, 5) is 12.9. The largest absolute Gasteiger partial charge is 0.507 e. The summed E-state index contributed by atoms with van der Waals surface area (Å²) < 4.78 is 26.7. The van der Waals surface area contributed by atoms with E-state index in [1.807, 2.05) is 0 Å². The first-order valence-electron chi connectivity index (χ1n) is 10.6. The minimum atomic E-state index is -1.72. The van der Waals surface area contributed by atoms with Crippen LogP contribution in [0.5, 0.6) is 34.5 Å². The normalized spacial score (nSPS) is 24.0. The molecule has 1 saturated heterocycles. The van der Waals surface area contributed by atoms with Gasteiger partial charge < -0.3 is 59.1 Å². The molecule has 2 aromatic carbocycles. The summed E-state index contributed by atoms with van der Waals surface area (Å²) in [5, 5.41) is 70.2.